The van der Waals surface area contributed by atoms with Gasteiger partial charge in [-0.3, -0.25) is 4.79 Å². The number of aliphatic carboxylic acids is 1. The van der Waals surface area contributed by atoms with E-state index < -0.39 is 59.6 Å². The van der Waals surface area contributed by atoms with Crippen LogP contribution in [-0.4, -0.2) is 88.2 Å². The number of hydrogen-bond acceptors (Lipinski definition) is 7. The first-order chi connectivity index (χ1) is 23.2. The quantitative estimate of drug-likeness (QED) is 0.261. The number of carbonyl (C=O) groups is 2. The normalized spacial score (nSPS) is 18.3. The Labute approximate surface area is 280 Å². The van der Waals surface area contributed by atoms with Crippen molar-refractivity contribution >= 4 is 17.6 Å². The molecular weight excluding hydrogens is 653 g/mol. The second-order valence-electron chi connectivity index (χ2n) is 12.4. The smallest absolute Gasteiger partial charge is 0.411 e. The van der Waals surface area contributed by atoms with Crippen LogP contribution in [-0.2, 0) is 28.9 Å². The highest BCUT2D eigenvalue weighted by molar-refractivity contribution is 5.97. The number of hydrogen-bond donors (Lipinski definition) is 2. The highest BCUT2D eigenvalue weighted by atomic mass is 19.4. The number of rotatable bonds is 11. The molecule has 2 aliphatic rings. The number of morpholine rings is 1. The van der Waals surface area contributed by atoms with Crippen LogP contribution in [0.15, 0.2) is 42.5 Å². The lowest BCUT2D eigenvalue weighted by atomic mass is 9.88. The molecule has 0 bridgehead atoms. The summed E-state index contributed by atoms with van der Waals surface area (Å²) in [6.07, 6.45) is -3.65. The van der Waals surface area contributed by atoms with Crippen LogP contribution in [0, 0.1) is 11.6 Å². The molecule has 0 aromatic heterocycles. The summed E-state index contributed by atoms with van der Waals surface area (Å²) < 4.78 is 87.6. The fourth-order valence-electron chi connectivity index (χ4n) is 6.84. The summed E-state index contributed by atoms with van der Waals surface area (Å²) in [5.74, 6) is -4.41. The van der Waals surface area contributed by atoms with Crippen LogP contribution < -0.4 is 19.7 Å². The van der Waals surface area contributed by atoms with E-state index in [1.54, 1.807) is 26.4 Å². The van der Waals surface area contributed by atoms with Crippen molar-refractivity contribution < 1.29 is 50.9 Å². The summed E-state index contributed by atoms with van der Waals surface area (Å²) in [6, 6.07) is 6.90. The van der Waals surface area contributed by atoms with Crippen LogP contribution in [0.4, 0.5) is 27.6 Å². The summed E-state index contributed by atoms with van der Waals surface area (Å²) in [5, 5.41) is 12.3. The van der Waals surface area contributed by atoms with Crippen LogP contribution in [0.1, 0.15) is 50.5 Å². The van der Waals surface area contributed by atoms with Gasteiger partial charge in [-0.2, -0.15) is 13.2 Å². The summed E-state index contributed by atoms with van der Waals surface area (Å²) in [7, 11) is 7.09. The van der Waals surface area contributed by atoms with E-state index >= 15 is 8.78 Å². The second kappa shape index (κ2) is 14.6. The number of nitrogens with zero attached hydrogens (tertiary/aromatic N) is 2. The van der Waals surface area contributed by atoms with Gasteiger partial charge in [-0.05, 0) is 61.8 Å². The average molecular weight is 692 g/mol. The Bertz CT molecular complexity index is 1690. The van der Waals surface area contributed by atoms with Gasteiger partial charge >= 0.3 is 12.1 Å². The Balaban J connectivity index is 1.40. The van der Waals surface area contributed by atoms with Crippen molar-refractivity contribution in [3.8, 4) is 11.5 Å². The zero-order valence-electron chi connectivity index (χ0n) is 27.5. The Hall–Kier alpha value is -4.43. The minimum Gasteiger partial charge on any atom is -0.496 e. The van der Waals surface area contributed by atoms with E-state index in [9.17, 15) is 27.9 Å². The summed E-state index contributed by atoms with van der Waals surface area (Å²) in [6.45, 7) is -0.459. The van der Waals surface area contributed by atoms with E-state index in [1.165, 1.54) is 0 Å². The molecule has 0 radical (unpaired) electrons. The van der Waals surface area contributed by atoms with Crippen molar-refractivity contribution in [2.24, 2.45) is 0 Å². The lowest BCUT2D eigenvalue weighted by molar-refractivity contribution is -0.167. The molecule has 1 heterocycles. The van der Waals surface area contributed by atoms with Crippen LogP contribution >= 0.6 is 0 Å². The maximum Gasteiger partial charge on any atom is 0.411 e. The highest BCUT2D eigenvalue weighted by Gasteiger charge is 2.46. The number of alkyl halides is 3. The zero-order chi connectivity index (χ0) is 35.6. The fraction of sp³-hybridized carbons (Fsp3) is 0.429. The zero-order valence-corrected chi connectivity index (χ0v) is 27.5. The van der Waals surface area contributed by atoms with Gasteiger partial charge in [0, 0.05) is 42.2 Å². The molecule has 1 aliphatic carbocycles. The van der Waals surface area contributed by atoms with Crippen LogP contribution in [0.3, 0.4) is 0 Å². The number of benzene rings is 3. The van der Waals surface area contributed by atoms with E-state index in [0.29, 0.717) is 48.6 Å². The van der Waals surface area contributed by atoms with Gasteiger partial charge in [0.1, 0.15) is 40.8 Å². The van der Waals surface area contributed by atoms with Crippen LogP contribution in [0.5, 0.6) is 11.5 Å². The van der Waals surface area contributed by atoms with Gasteiger partial charge in [-0.25, -0.2) is 13.6 Å². The third kappa shape index (κ3) is 7.44. The molecule has 49 heavy (non-hydrogen) atoms. The monoisotopic (exact) mass is 691 g/mol. The van der Waals surface area contributed by atoms with Gasteiger partial charge in [-0.1, -0.05) is 24.3 Å². The predicted molar refractivity (Wildman–Crippen MR) is 171 cm³/mol. The fourth-order valence-corrected chi connectivity index (χ4v) is 6.84. The average Bonchev–Trinajstić information content (AvgIpc) is 3.47. The Morgan fingerprint density at radius 1 is 1.08 bits per heavy atom. The van der Waals surface area contributed by atoms with Crippen molar-refractivity contribution in [3.05, 3.63) is 87.5 Å². The molecule has 14 heteroatoms. The summed E-state index contributed by atoms with van der Waals surface area (Å²) >= 11 is 0. The molecule has 1 fully saturated rings. The Morgan fingerprint density at radius 3 is 2.41 bits per heavy atom. The minimum atomic E-state index is -4.73. The molecule has 1 aliphatic heterocycles. The van der Waals surface area contributed by atoms with Crippen LogP contribution in [0.25, 0.3) is 0 Å². The molecule has 1 saturated heterocycles. The molecular formula is C35H38F5N3O6. The van der Waals surface area contributed by atoms with E-state index in [1.807, 2.05) is 37.2 Å². The van der Waals surface area contributed by atoms with Crippen molar-refractivity contribution in [3.63, 3.8) is 0 Å². The standard InChI is InChI=1S/C35H38F5N3O6/c1-42(2)17-20-8-11-28(47-3)30(32(20)48-4)24-10-9-22-19(6-5-7-23(22)24)14-27(34(45)46)41-33(44)31-25(36)15-21(16-26(31)37)43-12-13-49-18-29(43)35(38,39)40/h5-8,11,15-16,24,27,29H,9-10,12-14,17-18H2,1-4H3,(H,41,44)(H,45,46)/t24?,27?,29-/m1/s1. The summed E-state index contributed by atoms with van der Waals surface area (Å²) in [4.78, 5) is 28.3. The second-order valence-corrected chi connectivity index (χ2v) is 12.4. The molecule has 3 aromatic rings. The van der Waals surface area contributed by atoms with E-state index in [-0.39, 0.29) is 25.5 Å². The number of amides is 1. The first-order valence-electron chi connectivity index (χ1n) is 15.7. The van der Waals surface area contributed by atoms with Crippen molar-refractivity contribution in [1.29, 1.82) is 0 Å². The predicted octanol–water partition coefficient (Wildman–Crippen LogP) is 5.31. The maximum atomic E-state index is 15.2. The molecule has 9 nitrogen and oxygen atoms in total. The van der Waals surface area contributed by atoms with Gasteiger partial charge < -0.3 is 34.4 Å². The Morgan fingerprint density at radius 2 is 1.80 bits per heavy atom. The number of nitrogens with one attached hydrogen (secondary N) is 1. The highest BCUT2D eigenvalue weighted by Crippen LogP contribution is 2.48. The van der Waals surface area contributed by atoms with E-state index in [0.717, 1.165) is 27.2 Å². The lowest BCUT2D eigenvalue weighted by Gasteiger charge is -2.38. The van der Waals surface area contributed by atoms with E-state index in [4.69, 9.17) is 14.2 Å². The third-order valence-corrected chi connectivity index (χ3v) is 8.98. The van der Waals surface area contributed by atoms with E-state index in [2.05, 4.69) is 5.32 Å². The number of methoxy groups -OCH3 is 2. The maximum absolute atomic E-state index is 15.2. The third-order valence-electron chi connectivity index (χ3n) is 8.98. The van der Waals surface area contributed by atoms with Crippen molar-refractivity contribution in [2.75, 3.05) is 53.0 Å². The van der Waals surface area contributed by atoms with Gasteiger partial charge in [0.25, 0.3) is 5.91 Å². The molecule has 5 rings (SSSR count). The minimum absolute atomic E-state index is 0.0911. The van der Waals surface area contributed by atoms with Crippen LogP contribution in [0.2, 0.25) is 0 Å². The molecule has 264 valence electrons. The molecule has 3 atom stereocenters. The molecule has 1 amide bonds. The first-order valence-corrected chi connectivity index (χ1v) is 15.7. The SMILES string of the molecule is COc1ccc(CN(C)C)c(OC)c1C1CCc2c(CC(NC(=O)c3c(F)cc(N4CCOC[C@@H]4C(F)(F)F)cc3F)C(=O)O)cccc21. The number of carboxylic acid groups (broad SMARTS) is 1. The summed E-state index contributed by atoms with van der Waals surface area (Å²) in [5.41, 5.74) is 2.80. The number of anilines is 1. The van der Waals surface area contributed by atoms with Gasteiger partial charge in [0.2, 0.25) is 0 Å². The number of carbonyl (C=O) groups excluding carboxylic acids is 1. The Kier molecular flexibility index (Phi) is 10.7. The number of carboxylic acids is 1. The first kappa shape index (κ1) is 35.9. The number of fused-ring (bicyclic) bond motifs is 1. The van der Waals surface area contributed by atoms with Gasteiger partial charge in [0.05, 0.1) is 27.4 Å². The number of halogens is 5. The topological polar surface area (TPSA) is 101 Å². The molecule has 0 saturated carbocycles. The molecule has 2 unspecified atom stereocenters. The molecule has 0 spiro atoms. The van der Waals surface area contributed by atoms with Crippen molar-refractivity contribution in [1.82, 2.24) is 10.2 Å². The van der Waals surface area contributed by atoms with Crippen molar-refractivity contribution in [2.45, 2.75) is 50.0 Å². The lowest BCUT2D eigenvalue weighted by Crippen LogP contribution is -2.53. The molecule has 3 aromatic carbocycles. The van der Waals surface area contributed by atoms with Gasteiger partial charge in [0.15, 0.2) is 0 Å². The largest absolute Gasteiger partial charge is 0.496 e. The van der Waals surface area contributed by atoms with Gasteiger partial charge in [-0.15, -0.1) is 0 Å². The number of ether oxygens (including phenoxy) is 3. The molecule has 2 N–H and O–H groups in total.